The SMILES string of the molecule is CC(Cl)C(=O)N(C)Cc1ccco1. The van der Waals surface area contributed by atoms with Gasteiger partial charge in [-0.15, -0.1) is 11.6 Å². The van der Waals surface area contributed by atoms with Crippen LogP contribution in [-0.2, 0) is 11.3 Å². The minimum Gasteiger partial charge on any atom is -0.467 e. The Hall–Kier alpha value is -0.960. The quantitative estimate of drug-likeness (QED) is 0.700. The Bertz CT molecular complexity index is 269. The van der Waals surface area contributed by atoms with Crippen LogP contribution in [0.2, 0.25) is 0 Å². The van der Waals surface area contributed by atoms with Crippen LogP contribution in [0, 0.1) is 0 Å². The molecule has 72 valence electrons. The van der Waals surface area contributed by atoms with Crippen molar-refractivity contribution >= 4 is 17.5 Å². The molecule has 1 rings (SSSR count). The van der Waals surface area contributed by atoms with Crippen LogP contribution in [0.3, 0.4) is 0 Å². The van der Waals surface area contributed by atoms with Crippen LogP contribution in [0.5, 0.6) is 0 Å². The summed E-state index contributed by atoms with van der Waals surface area (Å²) in [5.41, 5.74) is 0. The summed E-state index contributed by atoms with van der Waals surface area (Å²) in [5, 5.41) is -0.486. The van der Waals surface area contributed by atoms with Gasteiger partial charge in [0, 0.05) is 7.05 Å². The molecule has 0 saturated carbocycles. The molecule has 0 aliphatic rings. The number of halogens is 1. The fourth-order valence-electron chi connectivity index (χ4n) is 1.02. The summed E-state index contributed by atoms with van der Waals surface area (Å²) in [5.74, 6) is 0.659. The lowest BCUT2D eigenvalue weighted by Gasteiger charge is -2.16. The van der Waals surface area contributed by atoms with Crippen LogP contribution in [0.25, 0.3) is 0 Å². The van der Waals surface area contributed by atoms with Gasteiger partial charge in [-0.2, -0.15) is 0 Å². The first kappa shape index (κ1) is 10.1. The van der Waals surface area contributed by atoms with Gasteiger partial charge in [-0.25, -0.2) is 0 Å². The zero-order valence-electron chi connectivity index (χ0n) is 7.66. The number of hydrogen-bond donors (Lipinski definition) is 0. The fourth-order valence-corrected chi connectivity index (χ4v) is 1.18. The molecule has 1 amide bonds. The van der Waals surface area contributed by atoms with Crippen molar-refractivity contribution in [3.05, 3.63) is 24.2 Å². The van der Waals surface area contributed by atoms with Gasteiger partial charge >= 0.3 is 0 Å². The number of carbonyl (C=O) groups excluding carboxylic acids is 1. The Morgan fingerprint density at radius 3 is 2.92 bits per heavy atom. The topological polar surface area (TPSA) is 33.5 Å². The number of carbonyl (C=O) groups is 1. The van der Waals surface area contributed by atoms with E-state index < -0.39 is 5.38 Å². The van der Waals surface area contributed by atoms with Crippen LogP contribution in [0.15, 0.2) is 22.8 Å². The van der Waals surface area contributed by atoms with E-state index >= 15 is 0 Å². The molecule has 0 aliphatic carbocycles. The average Bonchev–Trinajstić information content (AvgIpc) is 2.55. The molecule has 0 saturated heterocycles. The van der Waals surface area contributed by atoms with Crippen molar-refractivity contribution in [1.82, 2.24) is 4.90 Å². The molecule has 1 unspecified atom stereocenters. The summed E-state index contributed by atoms with van der Waals surface area (Å²) >= 11 is 5.64. The second-order valence-corrected chi connectivity index (χ2v) is 3.54. The summed E-state index contributed by atoms with van der Waals surface area (Å²) in [6.45, 7) is 2.12. The van der Waals surface area contributed by atoms with Gasteiger partial charge in [0.15, 0.2) is 0 Å². The Morgan fingerprint density at radius 2 is 2.46 bits per heavy atom. The summed E-state index contributed by atoms with van der Waals surface area (Å²) in [7, 11) is 1.70. The fraction of sp³-hybridized carbons (Fsp3) is 0.444. The molecule has 3 nitrogen and oxygen atoms in total. The normalized spacial score (nSPS) is 12.5. The van der Waals surface area contributed by atoms with Crippen molar-refractivity contribution in [2.75, 3.05) is 7.05 Å². The number of hydrogen-bond acceptors (Lipinski definition) is 2. The standard InChI is InChI=1S/C9H12ClNO2/c1-7(10)9(12)11(2)6-8-4-3-5-13-8/h3-5,7H,6H2,1-2H3. The lowest BCUT2D eigenvalue weighted by Crippen LogP contribution is -2.31. The van der Waals surface area contributed by atoms with E-state index in [2.05, 4.69) is 0 Å². The van der Waals surface area contributed by atoms with Gasteiger partial charge in [0.1, 0.15) is 11.1 Å². The number of furan rings is 1. The first-order valence-electron chi connectivity index (χ1n) is 4.02. The van der Waals surface area contributed by atoms with Crippen molar-refractivity contribution in [1.29, 1.82) is 0 Å². The molecule has 0 radical (unpaired) electrons. The third-order valence-electron chi connectivity index (χ3n) is 1.69. The second-order valence-electron chi connectivity index (χ2n) is 2.89. The van der Waals surface area contributed by atoms with E-state index in [1.807, 2.05) is 6.07 Å². The average molecular weight is 202 g/mol. The number of amides is 1. The molecular formula is C9H12ClNO2. The highest BCUT2D eigenvalue weighted by Gasteiger charge is 2.15. The summed E-state index contributed by atoms with van der Waals surface area (Å²) in [4.78, 5) is 12.9. The first-order chi connectivity index (χ1) is 6.11. The monoisotopic (exact) mass is 201 g/mol. The van der Waals surface area contributed by atoms with E-state index in [1.165, 1.54) is 4.90 Å². The van der Waals surface area contributed by atoms with Crippen molar-refractivity contribution in [2.45, 2.75) is 18.8 Å². The number of rotatable bonds is 3. The maximum atomic E-state index is 11.3. The lowest BCUT2D eigenvalue weighted by molar-refractivity contribution is -0.129. The molecule has 1 aromatic rings. The third kappa shape index (κ3) is 2.77. The molecule has 0 aromatic carbocycles. The molecule has 1 aromatic heterocycles. The summed E-state index contributed by atoms with van der Waals surface area (Å²) in [6.07, 6.45) is 1.58. The van der Waals surface area contributed by atoms with Gasteiger partial charge in [-0.05, 0) is 19.1 Å². The molecule has 4 heteroatoms. The van der Waals surface area contributed by atoms with Gasteiger partial charge in [0.2, 0.25) is 5.91 Å². The predicted molar refractivity (Wildman–Crippen MR) is 50.5 cm³/mol. The van der Waals surface area contributed by atoms with Gasteiger partial charge in [0.25, 0.3) is 0 Å². The van der Waals surface area contributed by atoms with E-state index in [1.54, 1.807) is 26.3 Å². The summed E-state index contributed by atoms with van der Waals surface area (Å²) < 4.78 is 5.10. The molecule has 0 bridgehead atoms. The Morgan fingerprint density at radius 1 is 1.77 bits per heavy atom. The molecular weight excluding hydrogens is 190 g/mol. The van der Waals surface area contributed by atoms with Crippen LogP contribution in [0.4, 0.5) is 0 Å². The minimum absolute atomic E-state index is 0.0990. The van der Waals surface area contributed by atoms with Crippen LogP contribution in [-0.4, -0.2) is 23.2 Å². The first-order valence-corrected chi connectivity index (χ1v) is 4.46. The Balaban J connectivity index is 2.51. The van der Waals surface area contributed by atoms with Crippen molar-refractivity contribution in [3.8, 4) is 0 Å². The van der Waals surface area contributed by atoms with Crippen molar-refractivity contribution in [2.24, 2.45) is 0 Å². The highest BCUT2D eigenvalue weighted by Crippen LogP contribution is 2.06. The van der Waals surface area contributed by atoms with Crippen LogP contribution in [0.1, 0.15) is 12.7 Å². The third-order valence-corrected chi connectivity index (χ3v) is 1.88. The maximum absolute atomic E-state index is 11.3. The maximum Gasteiger partial charge on any atom is 0.240 e. The van der Waals surface area contributed by atoms with E-state index in [4.69, 9.17) is 16.0 Å². The minimum atomic E-state index is -0.486. The number of nitrogens with zero attached hydrogens (tertiary/aromatic N) is 1. The molecule has 13 heavy (non-hydrogen) atoms. The zero-order chi connectivity index (χ0) is 9.84. The highest BCUT2D eigenvalue weighted by molar-refractivity contribution is 6.30. The Kier molecular flexibility index (Phi) is 3.37. The predicted octanol–water partition coefficient (Wildman–Crippen LogP) is 1.87. The zero-order valence-corrected chi connectivity index (χ0v) is 8.41. The smallest absolute Gasteiger partial charge is 0.240 e. The van der Waals surface area contributed by atoms with Crippen LogP contribution >= 0.6 is 11.6 Å². The summed E-state index contributed by atoms with van der Waals surface area (Å²) in [6, 6.07) is 3.61. The second kappa shape index (κ2) is 4.33. The molecule has 0 N–H and O–H groups in total. The van der Waals surface area contributed by atoms with Crippen molar-refractivity contribution in [3.63, 3.8) is 0 Å². The Labute approximate surface area is 82.3 Å². The lowest BCUT2D eigenvalue weighted by atomic mass is 10.3. The van der Waals surface area contributed by atoms with Gasteiger partial charge in [-0.1, -0.05) is 0 Å². The van der Waals surface area contributed by atoms with Gasteiger partial charge in [0.05, 0.1) is 12.8 Å². The molecule has 1 heterocycles. The van der Waals surface area contributed by atoms with E-state index in [9.17, 15) is 4.79 Å². The van der Waals surface area contributed by atoms with E-state index in [0.29, 0.717) is 6.54 Å². The molecule has 1 atom stereocenters. The van der Waals surface area contributed by atoms with E-state index in [-0.39, 0.29) is 5.91 Å². The molecule has 0 aliphatic heterocycles. The van der Waals surface area contributed by atoms with Crippen molar-refractivity contribution < 1.29 is 9.21 Å². The highest BCUT2D eigenvalue weighted by atomic mass is 35.5. The van der Waals surface area contributed by atoms with Gasteiger partial charge in [-0.3, -0.25) is 4.79 Å². The van der Waals surface area contributed by atoms with E-state index in [0.717, 1.165) is 5.76 Å². The number of alkyl halides is 1. The van der Waals surface area contributed by atoms with Crippen LogP contribution < -0.4 is 0 Å². The van der Waals surface area contributed by atoms with Gasteiger partial charge < -0.3 is 9.32 Å². The molecule has 0 spiro atoms. The largest absolute Gasteiger partial charge is 0.467 e. The molecule has 0 fully saturated rings.